The number of nitrogens with one attached hydrogen (secondary N) is 1. The first-order chi connectivity index (χ1) is 15.0. The van der Waals surface area contributed by atoms with Gasteiger partial charge in [-0.2, -0.15) is 0 Å². The minimum absolute atomic E-state index is 0.241. The molecule has 1 unspecified atom stereocenters. The zero-order chi connectivity index (χ0) is 21.8. The zero-order valence-electron chi connectivity index (χ0n) is 17.3. The number of benzene rings is 2. The summed E-state index contributed by atoms with van der Waals surface area (Å²) in [7, 11) is 0. The maximum absolute atomic E-state index is 13.6. The summed E-state index contributed by atoms with van der Waals surface area (Å²) in [5.74, 6) is 0.0761. The van der Waals surface area contributed by atoms with Crippen LogP contribution in [0.15, 0.2) is 72.9 Å². The number of aryl methyl sites for hydroxylation is 1. The molecule has 2 aromatic carbocycles. The molecule has 0 aliphatic carbocycles. The van der Waals surface area contributed by atoms with Crippen molar-refractivity contribution in [3.63, 3.8) is 0 Å². The molecule has 156 valence electrons. The maximum atomic E-state index is 13.6. The SMILES string of the molecule is Cc1cc(C(=O)NC(C)c2cccc(OCc3ccccn3)c2)c2ccc(F)cc2n1. The van der Waals surface area contributed by atoms with E-state index in [1.165, 1.54) is 12.1 Å². The second-order valence-corrected chi connectivity index (χ2v) is 7.35. The van der Waals surface area contributed by atoms with Gasteiger partial charge in [-0.25, -0.2) is 4.39 Å². The highest BCUT2D eigenvalue weighted by molar-refractivity contribution is 6.06. The summed E-state index contributed by atoms with van der Waals surface area (Å²) in [5, 5.41) is 3.63. The van der Waals surface area contributed by atoms with E-state index < -0.39 is 0 Å². The molecule has 1 amide bonds. The Morgan fingerprint density at radius 2 is 1.97 bits per heavy atom. The van der Waals surface area contributed by atoms with Crippen molar-refractivity contribution in [2.45, 2.75) is 26.5 Å². The monoisotopic (exact) mass is 415 g/mol. The van der Waals surface area contributed by atoms with Crippen molar-refractivity contribution in [1.82, 2.24) is 15.3 Å². The van der Waals surface area contributed by atoms with Crippen molar-refractivity contribution in [2.24, 2.45) is 0 Å². The molecule has 0 radical (unpaired) electrons. The van der Waals surface area contributed by atoms with E-state index in [-0.39, 0.29) is 17.8 Å². The summed E-state index contributed by atoms with van der Waals surface area (Å²) < 4.78 is 19.4. The van der Waals surface area contributed by atoms with Gasteiger partial charge in [-0.1, -0.05) is 18.2 Å². The molecule has 5 nitrogen and oxygen atoms in total. The summed E-state index contributed by atoms with van der Waals surface area (Å²) >= 11 is 0. The lowest BCUT2D eigenvalue weighted by Gasteiger charge is -2.17. The van der Waals surface area contributed by atoms with Gasteiger partial charge in [0.25, 0.3) is 5.91 Å². The number of hydrogen-bond donors (Lipinski definition) is 1. The summed E-state index contributed by atoms with van der Waals surface area (Å²) in [6, 6.07) is 19.0. The Bertz CT molecular complexity index is 1220. The Morgan fingerprint density at radius 1 is 1.10 bits per heavy atom. The lowest BCUT2D eigenvalue weighted by atomic mass is 10.0. The minimum Gasteiger partial charge on any atom is -0.487 e. The Labute approximate surface area is 179 Å². The highest BCUT2D eigenvalue weighted by Gasteiger charge is 2.16. The summed E-state index contributed by atoms with van der Waals surface area (Å²) in [6.07, 6.45) is 1.73. The fraction of sp³-hybridized carbons (Fsp3) is 0.160. The predicted molar refractivity (Wildman–Crippen MR) is 117 cm³/mol. The van der Waals surface area contributed by atoms with Gasteiger partial charge in [-0.15, -0.1) is 0 Å². The molecule has 1 atom stereocenters. The first-order valence-corrected chi connectivity index (χ1v) is 10.00. The van der Waals surface area contributed by atoms with E-state index in [0.717, 1.165) is 11.3 Å². The van der Waals surface area contributed by atoms with Crippen LogP contribution in [-0.4, -0.2) is 15.9 Å². The third kappa shape index (κ3) is 4.86. The first-order valence-electron chi connectivity index (χ1n) is 10.00. The van der Waals surface area contributed by atoms with E-state index >= 15 is 0 Å². The second-order valence-electron chi connectivity index (χ2n) is 7.35. The molecule has 0 aliphatic heterocycles. The normalized spacial score (nSPS) is 11.8. The number of amides is 1. The van der Waals surface area contributed by atoms with Crippen LogP contribution in [-0.2, 0) is 6.61 Å². The fourth-order valence-corrected chi connectivity index (χ4v) is 3.39. The molecule has 2 heterocycles. The smallest absolute Gasteiger partial charge is 0.252 e. The van der Waals surface area contributed by atoms with E-state index in [1.807, 2.05) is 49.4 Å². The van der Waals surface area contributed by atoms with Gasteiger partial charge < -0.3 is 10.1 Å². The molecule has 4 rings (SSSR count). The molecule has 0 saturated carbocycles. The molecule has 1 N–H and O–H groups in total. The third-order valence-corrected chi connectivity index (χ3v) is 4.96. The van der Waals surface area contributed by atoms with Gasteiger partial charge in [-0.3, -0.25) is 14.8 Å². The van der Waals surface area contributed by atoms with E-state index in [4.69, 9.17) is 4.74 Å². The zero-order valence-corrected chi connectivity index (χ0v) is 17.3. The molecule has 0 spiro atoms. The molecule has 0 fully saturated rings. The van der Waals surface area contributed by atoms with Crippen LogP contribution in [0.2, 0.25) is 0 Å². The van der Waals surface area contributed by atoms with Crippen molar-refractivity contribution < 1.29 is 13.9 Å². The minimum atomic E-state index is -0.382. The van der Waals surface area contributed by atoms with E-state index in [0.29, 0.717) is 34.5 Å². The standard InChI is InChI=1S/C25H22FN3O2/c1-16-12-23(22-10-9-19(26)14-24(22)28-16)25(30)29-17(2)18-6-5-8-21(13-18)31-15-20-7-3-4-11-27-20/h3-14,17H,15H2,1-2H3,(H,29,30). The largest absolute Gasteiger partial charge is 0.487 e. The molecule has 31 heavy (non-hydrogen) atoms. The van der Waals surface area contributed by atoms with Crippen molar-refractivity contribution in [3.05, 3.63) is 101 Å². The van der Waals surface area contributed by atoms with Crippen LogP contribution in [0, 0.1) is 12.7 Å². The lowest BCUT2D eigenvalue weighted by molar-refractivity contribution is 0.0941. The van der Waals surface area contributed by atoms with Crippen LogP contribution in [0.4, 0.5) is 4.39 Å². The Kier molecular flexibility index (Phi) is 5.89. The number of ether oxygens (including phenoxy) is 1. The molecular weight excluding hydrogens is 393 g/mol. The predicted octanol–water partition coefficient (Wildman–Crippen LogP) is 5.15. The number of carbonyl (C=O) groups excluding carboxylic acids is 1. The Morgan fingerprint density at radius 3 is 2.77 bits per heavy atom. The van der Waals surface area contributed by atoms with Crippen LogP contribution >= 0.6 is 0 Å². The highest BCUT2D eigenvalue weighted by atomic mass is 19.1. The molecular formula is C25H22FN3O2. The number of pyridine rings is 2. The van der Waals surface area contributed by atoms with Gasteiger partial charge in [0.2, 0.25) is 0 Å². The summed E-state index contributed by atoms with van der Waals surface area (Å²) in [6.45, 7) is 4.06. The molecule has 2 aromatic heterocycles. The van der Waals surface area contributed by atoms with Crippen LogP contribution in [0.3, 0.4) is 0 Å². The van der Waals surface area contributed by atoms with Crippen LogP contribution in [0.25, 0.3) is 10.9 Å². The topological polar surface area (TPSA) is 64.1 Å². The average molecular weight is 415 g/mol. The number of hydrogen-bond acceptors (Lipinski definition) is 4. The van der Waals surface area contributed by atoms with Gasteiger partial charge in [0.15, 0.2) is 0 Å². The third-order valence-electron chi connectivity index (χ3n) is 4.96. The second kappa shape index (κ2) is 8.92. The molecule has 0 bridgehead atoms. The van der Waals surface area contributed by atoms with Crippen molar-refractivity contribution in [2.75, 3.05) is 0 Å². The number of fused-ring (bicyclic) bond motifs is 1. The lowest BCUT2D eigenvalue weighted by Crippen LogP contribution is -2.27. The van der Waals surface area contributed by atoms with E-state index in [1.54, 1.807) is 25.3 Å². The number of aromatic nitrogens is 2. The number of nitrogens with zero attached hydrogens (tertiary/aromatic N) is 2. The van der Waals surface area contributed by atoms with Crippen LogP contribution < -0.4 is 10.1 Å². The fourth-order valence-electron chi connectivity index (χ4n) is 3.39. The number of halogens is 1. The van der Waals surface area contributed by atoms with E-state index in [9.17, 15) is 9.18 Å². The highest BCUT2D eigenvalue weighted by Crippen LogP contribution is 2.23. The molecule has 4 aromatic rings. The Balaban J connectivity index is 1.50. The molecule has 0 aliphatic rings. The number of rotatable bonds is 6. The van der Waals surface area contributed by atoms with Crippen molar-refractivity contribution >= 4 is 16.8 Å². The van der Waals surface area contributed by atoms with Gasteiger partial charge in [0, 0.05) is 23.3 Å². The van der Waals surface area contributed by atoms with Crippen molar-refractivity contribution in [3.8, 4) is 5.75 Å². The summed E-state index contributed by atoms with van der Waals surface area (Å²) in [5.41, 5.74) is 3.33. The average Bonchev–Trinajstić information content (AvgIpc) is 2.77. The molecule has 6 heteroatoms. The first kappa shape index (κ1) is 20.5. The van der Waals surface area contributed by atoms with Crippen LogP contribution in [0.1, 0.15) is 40.3 Å². The van der Waals surface area contributed by atoms with Crippen molar-refractivity contribution in [1.29, 1.82) is 0 Å². The van der Waals surface area contributed by atoms with Gasteiger partial charge in [-0.05, 0) is 61.9 Å². The molecule has 0 saturated heterocycles. The van der Waals surface area contributed by atoms with E-state index in [2.05, 4.69) is 15.3 Å². The quantitative estimate of drug-likeness (QED) is 0.473. The van der Waals surface area contributed by atoms with Gasteiger partial charge in [0.05, 0.1) is 22.8 Å². The maximum Gasteiger partial charge on any atom is 0.252 e. The van der Waals surface area contributed by atoms with Gasteiger partial charge in [0.1, 0.15) is 18.2 Å². The van der Waals surface area contributed by atoms with Gasteiger partial charge >= 0.3 is 0 Å². The van der Waals surface area contributed by atoms with Crippen LogP contribution in [0.5, 0.6) is 5.75 Å². The Hall–Kier alpha value is -3.80. The summed E-state index contributed by atoms with van der Waals surface area (Å²) in [4.78, 5) is 21.6. The number of carbonyl (C=O) groups is 1.